The molecule has 0 aliphatic heterocycles. The van der Waals surface area contributed by atoms with Crippen molar-refractivity contribution in [1.29, 1.82) is 10.5 Å². The summed E-state index contributed by atoms with van der Waals surface area (Å²) in [6, 6.07) is 17.2. The predicted octanol–water partition coefficient (Wildman–Crippen LogP) is 2.08. The largest absolute Gasteiger partial charge is 0.491 e. The zero-order valence-electron chi connectivity index (χ0n) is 20.1. The SMILES string of the molecule is CC(C)(C)OC(=O)NC[C@@H](O)COc1ccc(C#N)cc1.N#Cc1ccc(OC[C@H](O)CN)cc1. The Morgan fingerprint density at radius 3 is 1.71 bits per heavy atom. The van der Waals surface area contributed by atoms with Crippen LogP contribution >= 0.6 is 0 Å². The Bertz CT molecular complexity index is 975. The van der Waals surface area contributed by atoms with Crippen molar-refractivity contribution in [2.45, 2.75) is 38.6 Å². The van der Waals surface area contributed by atoms with Crippen LogP contribution in [0.25, 0.3) is 0 Å². The Labute approximate surface area is 205 Å². The van der Waals surface area contributed by atoms with Gasteiger partial charge in [0.15, 0.2) is 0 Å². The molecule has 0 saturated carbocycles. The van der Waals surface area contributed by atoms with Crippen molar-refractivity contribution >= 4 is 6.09 Å². The molecule has 0 aromatic heterocycles. The Morgan fingerprint density at radius 1 is 0.914 bits per heavy atom. The Hall–Kier alpha value is -3.83. The monoisotopic (exact) mass is 484 g/mol. The number of aliphatic hydroxyl groups is 2. The fraction of sp³-hybridized carbons (Fsp3) is 0.400. The second-order valence-electron chi connectivity index (χ2n) is 8.32. The molecule has 0 spiro atoms. The number of aliphatic hydroxyl groups excluding tert-OH is 2. The number of nitrogens with zero attached hydrogens (tertiary/aromatic N) is 2. The van der Waals surface area contributed by atoms with Crippen molar-refractivity contribution < 1.29 is 29.2 Å². The second kappa shape index (κ2) is 15.1. The molecule has 0 aliphatic carbocycles. The molecule has 2 rings (SSSR count). The first-order valence-corrected chi connectivity index (χ1v) is 10.8. The maximum absolute atomic E-state index is 11.4. The van der Waals surface area contributed by atoms with E-state index in [2.05, 4.69) is 5.32 Å². The lowest BCUT2D eigenvalue weighted by molar-refractivity contribution is 0.0463. The summed E-state index contributed by atoms with van der Waals surface area (Å²) in [7, 11) is 0. The van der Waals surface area contributed by atoms with Crippen LogP contribution in [0, 0.1) is 22.7 Å². The molecule has 2 atom stereocenters. The maximum Gasteiger partial charge on any atom is 0.407 e. The number of hydrogen-bond donors (Lipinski definition) is 4. The average molecular weight is 485 g/mol. The van der Waals surface area contributed by atoms with E-state index in [0.717, 1.165) is 0 Å². The number of benzene rings is 2. The minimum atomic E-state index is -0.854. The lowest BCUT2D eigenvalue weighted by Gasteiger charge is -2.20. The number of carbonyl (C=O) groups excluding carboxylic acids is 1. The van der Waals surface area contributed by atoms with Gasteiger partial charge in [-0.25, -0.2) is 4.79 Å². The molecule has 2 aromatic rings. The third-order valence-electron chi connectivity index (χ3n) is 4.00. The summed E-state index contributed by atoms with van der Waals surface area (Å²) in [5.74, 6) is 1.17. The van der Waals surface area contributed by atoms with Gasteiger partial charge in [-0.1, -0.05) is 0 Å². The molecular formula is C25H32N4O6. The molecule has 0 bridgehead atoms. The molecule has 1 amide bonds. The second-order valence-corrected chi connectivity index (χ2v) is 8.32. The number of ether oxygens (including phenoxy) is 3. The highest BCUT2D eigenvalue weighted by atomic mass is 16.6. The van der Waals surface area contributed by atoms with Crippen LogP contribution in [0.3, 0.4) is 0 Å². The molecule has 35 heavy (non-hydrogen) atoms. The van der Waals surface area contributed by atoms with Crippen LogP contribution in [0.15, 0.2) is 48.5 Å². The van der Waals surface area contributed by atoms with Crippen LogP contribution in [-0.4, -0.2) is 60.4 Å². The van der Waals surface area contributed by atoms with E-state index in [9.17, 15) is 9.90 Å². The lowest BCUT2D eigenvalue weighted by atomic mass is 10.2. The van der Waals surface area contributed by atoms with E-state index in [1.54, 1.807) is 69.3 Å². The van der Waals surface area contributed by atoms with E-state index in [1.807, 2.05) is 12.1 Å². The summed E-state index contributed by atoms with van der Waals surface area (Å²) in [5, 5.41) is 38.5. The van der Waals surface area contributed by atoms with Gasteiger partial charge in [0, 0.05) is 6.54 Å². The normalized spacial score (nSPS) is 12.0. The third kappa shape index (κ3) is 13.5. The minimum Gasteiger partial charge on any atom is -0.491 e. The summed E-state index contributed by atoms with van der Waals surface area (Å²) in [6.45, 7) is 5.69. The standard InChI is InChI=1S/C15H20N2O4.C10H12N2O2/c1-15(2,3)21-14(19)17-9-12(18)10-20-13-6-4-11(8-16)5-7-13;11-5-8-1-3-10(4-2-8)14-7-9(13)6-12/h4-7,12,18H,9-10H2,1-3H3,(H,17,19);1-4,9,13H,6-7,12H2/t12-;9-/m11/s1. The Balaban J connectivity index is 0.000000379. The minimum absolute atomic E-state index is 0.0295. The van der Waals surface area contributed by atoms with Gasteiger partial charge >= 0.3 is 6.09 Å². The van der Waals surface area contributed by atoms with Crippen molar-refractivity contribution in [3.63, 3.8) is 0 Å². The van der Waals surface area contributed by atoms with Gasteiger partial charge in [0.25, 0.3) is 0 Å². The molecule has 10 heteroatoms. The summed E-state index contributed by atoms with van der Waals surface area (Å²) >= 11 is 0. The van der Waals surface area contributed by atoms with Crippen LogP contribution in [0.2, 0.25) is 0 Å². The highest BCUT2D eigenvalue weighted by molar-refractivity contribution is 5.67. The van der Waals surface area contributed by atoms with E-state index in [4.69, 9.17) is 35.6 Å². The average Bonchev–Trinajstić information content (AvgIpc) is 2.84. The van der Waals surface area contributed by atoms with E-state index in [0.29, 0.717) is 22.6 Å². The first-order chi connectivity index (χ1) is 16.6. The maximum atomic E-state index is 11.4. The molecule has 0 aliphatic rings. The fourth-order valence-electron chi connectivity index (χ4n) is 2.28. The number of alkyl carbamates (subject to hydrolysis) is 1. The van der Waals surface area contributed by atoms with Crippen LogP contribution in [-0.2, 0) is 4.74 Å². The van der Waals surface area contributed by atoms with E-state index in [1.165, 1.54) is 0 Å². The van der Waals surface area contributed by atoms with Crippen molar-refractivity contribution in [2.75, 3.05) is 26.3 Å². The van der Waals surface area contributed by atoms with Gasteiger partial charge in [0.05, 0.1) is 29.8 Å². The number of hydrogen-bond acceptors (Lipinski definition) is 9. The number of rotatable bonds is 9. The van der Waals surface area contributed by atoms with Gasteiger partial charge in [0.2, 0.25) is 0 Å². The lowest BCUT2D eigenvalue weighted by Crippen LogP contribution is -2.38. The Morgan fingerprint density at radius 2 is 1.34 bits per heavy atom. The molecular weight excluding hydrogens is 452 g/mol. The first kappa shape index (κ1) is 29.2. The van der Waals surface area contributed by atoms with Crippen LogP contribution in [0.1, 0.15) is 31.9 Å². The van der Waals surface area contributed by atoms with Gasteiger partial charge in [-0.3, -0.25) is 0 Å². The third-order valence-corrected chi connectivity index (χ3v) is 4.00. The Kier molecular flexibility index (Phi) is 12.6. The molecule has 0 heterocycles. The smallest absolute Gasteiger partial charge is 0.407 e. The summed E-state index contributed by atoms with van der Waals surface area (Å²) in [5.41, 5.74) is 5.75. The predicted molar refractivity (Wildman–Crippen MR) is 129 cm³/mol. The van der Waals surface area contributed by atoms with Gasteiger partial charge in [0.1, 0.15) is 42.5 Å². The van der Waals surface area contributed by atoms with Gasteiger partial charge in [-0.05, 0) is 69.3 Å². The molecule has 0 unspecified atom stereocenters. The fourth-order valence-corrected chi connectivity index (χ4v) is 2.28. The van der Waals surface area contributed by atoms with E-state index in [-0.39, 0.29) is 26.3 Å². The molecule has 0 fully saturated rings. The summed E-state index contributed by atoms with van der Waals surface area (Å²) in [4.78, 5) is 11.4. The van der Waals surface area contributed by atoms with Crippen molar-refractivity contribution in [1.82, 2.24) is 5.32 Å². The number of nitrogens with one attached hydrogen (secondary N) is 1. The number of nitrogens with two attached hydrogens (primary N) is 1. The zero-order chi connectivity index (χ0) is 26.3. The molecule has 188 valence electrons. The topological polar surface area (TPSA) is 171 Å². The quantitative estimate of drug-likeness (QED) is 0.416. The first-order valence-electron chi connectivity index (χ1n) is 10.8. The van der Waals surface area contributed by atoms with Crippen LogP contribution < -0.4 is 20.5 Å². The molecule has 2 aromatic carbocycles. The molecule has 0 radical (unpaired) electrons. The number of amides is 1. The van der Waals surface area contributed by atoms with E-state index >= 15 is 0 Å². The molecule has 0 saturated heterocycles. The highest BCUT2D eigenvalue weighted by Crippen LogP contribution is 2.12. The number of nitriles is 2. The highest BCUT2D eigenvalue weighted by Gasteiger charge is 2.17. The van der Waals surface area contributed by atoms with Crippen molar-refractivity contribution in [3.05, 3.63) is 59.7 Å². The van der Waals surface area contributed by atoms with Gasteiger partial charge in [-0.2, -0.15) is 10.5 Å². The van der Waals surface area contributed by atoms with Gasteiger partial charge in [-0.15, -0.1) is 0 Å². The summed E-state index contributed by atoms with van der Waals surface area (Å²) < 4.78 is 15.6. The van der Waals surface area contributed by atoms with Crippen molar-refractivity contribution in [3.8, 4) is 23.6 Å². The van der Waals surface area contributed by atoms with Gasteiger partial charge < -0.3 is 35.5 Å². The van der Waals surface area contributed by atoms with E-state index < -0.39 is 23.9 Å². The summed E-state index contributed by atoms with van der Waals surface area (Å²) in [6.07, 6.45) is -2.08. The molecule has 10 nitrogen and oxygen atoms in total. The van der Waals surface area contributed by atoms with Crippen molar-refractivity contribution in [2.24, 2.45) is 5.73 Å². The zero-order valence-corrected chi connectivity index (χ0v) is 20.1. The number of carbonyl (C=O) groups is 1. The van der Waals surface area contributed by atoms with Crippen LogP contribution in [0.4, 0.5) is 4.79 Å². The van der Waals surface area contributed by atoms with Crippen LogP contribution in [0.5, 0.6) is 11.5 Å². The molecule has 5 N–H and O–H groups in total.